The van der Waals surface area contributed by atoms with Crippen molar-refractivity contribution < 1.29 is 14.1 Å². The molecule has 0 saturated carbocycles. The van der Waals surface area contributed by atoms with E-state index < -0.39 is 5.91 Å². The molecule has 0 aliphatic carbocycles. The third-order valence-corrected chi connectivity index (χ3v) is 2.80. The Labute approximate surface area is 114 Å². The third kappa shape index (κ3) is 2.18. The molecule has 1 N–H and O–H groups in total. The van der Waals surface area contributed by atoms with Crippen LogP contribution in [0.25, 0.3) is 10.9 Å². The van der Waals surface area contributed by atoms with Crippen LogP contribution in [0.1, 0.15) is 10.6 Å². The number of hydrogen-bond donors (Lipinski definition) is 1. The molecule has 0 saturated heterocycles. The first-order chi connectivity index (χ1) is 9.78. The quantitative estimate of drug-likeness (QED) is 0.790. The van der Waals surface area contributed by atoms with Gasteiger partial charge < -0.3 is 14.6 Å². The van der Waals surface area contributed by atoms with Crippen LogP contribution in [0.3, 0.4) is 0 Å². The minimum atomic E-state index is -0.404. The number of aromatic nitrogens is 2. The van der Waals surface area contributed by atoms with Gasteiger partial charge in [-0.15, -0.1) is 0 Å². The predicted molar refractivity (Wildman–Crippen MR) is 72.8 cm³/mol. The van der Waals surface area contributed by atoms with Crippen LogP contribution in [0.4, 0.5) is 5.69 Å². The zero-order chi connectivity index (χ0) is 13.9. The maximum absolute atomic E-state index is 12.1. The van der Waals surface area contributed by atoms with Gasteiger partial charge in [-0.1, -0.05) is 18.2 Å². The number of carbonyl (C=O) groups excluding carboxylic acids is 1. The minimum absolute atomic E-state index is 0.0785. The Kier molecular flexibility index (Phi) is 3.04. The van der Waals surface area contributed by atoms with E-state index in [1.54, 1.807) is 12.3 Å². The highest BCUT2D eigenvalue weighted by atomic mass is 16.5. The second kappa shape index (κ2) is 5.00. The molecule has 0 fully saturated rings. The molecular weight excluding hydrogens is 258 g/mol. The molecule has 0 radical (unpaired) electrons. The molecule has 1 amide bonds. The van der Waals surface area contributed by atoms with Gasteiger partial charge in [0.15, 0.2) is 0 Å². The van der Waals surface area contributed by atoms with Gasteiger partial charge in [0, 0.05) is 11.6 Å². The highest BCUT2D eigenvalue weighted by molar-refractivity contribution is 6.06. The van der Waals surface area contributed by atoms with E-state index in [-0.39, 0.29) is 11.6 Å². The normalized spacial score (nSPS) is 10.4. The van der Waals surface area contributed by atoms with E-state index in [0.29, 0.717) is 5.69 Å². The fourth-order valence-corrected chi connectivity index (χ4v) is 1.85. The first kappa shape index (κ1) is 12.2. The van der Waals surface area contributed by atoms with Gasteiger partial charge in [0.25, 0.3) is 11.8 Å². The summed E-state index contributed by atoms with van der Waals surface area (Å²) >= 11 is 0. The summed E-state index contributed by atoms with van der Waals surface area (Å²) in [4.78, 5) is 16.3. The van der Waals surface area contributed by atoms with Crippen LogP contribution in [0.5, 0.6) is 5.88 Å². The van der Waals surface area contributed by atoms with E-state index in [2.05, 4.69) is 15.5 Å². The van der Waals surface area contributed by atoms with Crippen LogP contribution in [0, 0.1) is 0 Å². The summed E-state index contributed by atoms with van der Waals surface area (Å²) in [5.41, 5.74) is 1.33. The zero-order valence-electron chi connectivity index (χ0n) is 10.7. The molecule has 0 aliphatic heterocycles. The number of pyridine rings is 1. The Hall–Kier alpha value is -2.89. The first-order valence-electron chi connectivity index (χ1n) is 5.94. The monoisotopic (exact) mass is 269 g/mol. The number of anilines is 1. The largest absolute Gasteiger partial charge is 0.479 e. The lowest BCUT2D eigenvalue weighted by Gasteiger charge is -2.05. The summed E-state index contributed by atoms with van der Waals surface area (Å²) in [6.07, 6.45) is 1.68. The Morgan fingerprint density at radius 1 is 1.30 bits per heavy atom. The van der Waals surface area contributed by atoms with Crippen molar-refractivity contribution in [2.75, 3.05) is 12.4 Å². The Balaban J connectivity index is 1.91. The van der Waals surface area contributed by atoms with E-state index in [0.717, 1.165) is 10.9 Å². The van der Waals surface area contributed by atoms with Gasteiger partial charge in [0.05, 0.1) is 24.4 Å². The van der Waals surface area contributed by atoms with Crippen molar-refractivity contribution >= 4 is 22.5 Å². The molecule has 6 nitrogen and oxygen atoms in total. The van der Waals surface area contributed by atoms with Crippen molar-refractivity contribution in [2.24, 2.45) is 0 Å². The summed E-state index contributed by atoms with van der Waals surface area (Å²) in [5.74, 6) is -0.0695. The number of benzene rings is 1. The van der Waals surface area contributed by atoms with Crippen molar-refractivity contribution in [3.05, 3.63) is 48.4 Å². The number of fused-ring (bicyclic) bond motifs is 1. The van der Waals surface area contributed by atoms with Gasteiger partial charge in [-0.05, 0) is 17.3 Å². The van der Waals surface area contributed by atoms with E-state index in [4.69, 9.17) is 9.26 Å². The summed E-state index contributed by atoms with van der Waals surface area (Å²) in [6, 6.07) is 10.7. The SMILES string of the molecule is COc1cc(C(=O)Nc2cccc3cccnc23)on1. The van der Waals surface area contributed by atoms with Gasteiger partial charge in [-0.2, -0.15) is 0 Å². The molecule has 3 aromatic rings. The standard InChI is InChI=1S/C14H11N3O3/c1-19-12-8-11(20-17-12)14(18)16-10-6-2-4-9-5-3-7-15-13(9)10/h2-8H,1H3,(H,16,18). The summed E-state index contributed by atoms with van der Waals surface area (Å²) in [5, 5.41) is 7.28. The van der Waals surface area contributed by atoms with E-state index in [9.17, 15) is 4.79 Å². The molecule has 2 aromatic heterocycles. The van der Waals surface area contributed by atoms with Crippen LogP contribution in [0.15, 0.2) is 47.1 Å². The number of methoxy groups -OCH3 is 1. The summed E-state index contributed by atoms with van der Waals surface area (Å²) < 4.78 is 9.76. The smallest absolute Gasteiger partial charge is 0.294 e. The topological polar surface area (TPSA) is 77.2 Å². The molecule has 6 heteroatoms. The lowest BCUT2D eigenvalue weighted by atomic mass is 10.2. The fourth-order valence-electron chi connectivity index (χ4n) is 1.85. The zero-order valence-corrected chi connectivity index (χ0v) is 10.7. The highest BCUT2D eigenvalue weighted by Crippen LogP contribution is 2.21. The Morgan fingerprint density at radius 2 is 2.15 bits per heavy atom. The van der Waals surface area contributed by atoms with Gasteiger partial charge in [-0.25, -0.2) is 0 Å². The maximum atomic E-state index is 12.1. The molecule has 0 aliphatic rings. The van der Waals surface area contributed by atoms with E-state index in [1.807, 2.05) is 24.3 Å². The summed E-state index contributed by atoms with van der Waals surface area (Å²) in [7, 11) is 1.45. The van der Waals surface area contributed by atoms with Crippen molar-refractivity contribution in [3.63, 3.8) is 0 Å². The van der Waals surface area contributed by atoms with Gasteiger partial charge >= 0.3 is 0 Å². The van der Waals surface area contributed by atoms with Crippen molar-refractivity contribution in [3.8, 4) is 5.88 Å². The van der Waals surface area contributed by atoms with Crippen LogP contribution in [0.2, 0.25) is 0 Å². The van der Waals surface area contributed by atoms with Crippen LogP contribution in [-0.4, -0.2) is 23.2 Å². The van der Waals surface area contributed by atoms with Crippen molar-refractivity contribution in [1.29, 1.82) is 0 Å². The van der Waals surface area contributed by atoms with E-state index >= 15 is 0 Å². The number of rotatable bonds is 3. The van der Waals surface area contributed by atoms with Gasteiger partial charge in [0.2, 0.25) is 5.76 Å². The predicted octanol–water partition coefficient (Wildman–Crippen LogP) is 2.48. The lowest BCUT2D eigenvalue weighted by Crippen LogP contribution is -2.11. The molecule has 100 valence electrons. The van der Waals surface area contributed by atoms with Gasteiger partial charge in [0.1, 0.15) is 0 Å². The number of carbonyl (C=O) groups is 1. The molecule has 1 aromatic carbocycles. The Morgan fingerprint density at radius 3 is 2.95 bits per heavy atom. The molecule has 20 heavy (non-hydrogen) atoms. The molecule has 2 heterocycles. The van der Waals surface area contributed by atoms with Crippen LogP contribution < -0.4 is 10.1 Å². The number of nitrogens with one attached hydrogen (secondary N) is 1. The van der Waals surface area contributed by atoms with Crippen molar-refractivity contribution in [1.82, 2.24) is 10.1 Å². The molecular formula is C14H11N3O3. The third-order valence-electron chi connectivity index (χ3n) is 2.80. The second-order valence-corrected chi connectivity index (χ2v) is 4.07. The number of nitrogens with zero attached hydrogens (tertiary/aromatic N) is 2. The molecule has 0 atom stereocenters. The molecule has 0 spiro atoms. The lowest BCUT2D eigenvalue weighted by molar-refractivity contribution is 0.0987. The minimum Gasteiger partial charge on any atom is -0.479 e. The average Bonchev–Trinajstić information content (AvgIpc) is 2.97. The summed E-state index contributed by atoms with van der Waals surface area (Å²) in [6.45, 7) is 0. The molecule has 0 bridgehead atoms. The number of para-hydroxylation sites is 1. The number of amides is 1. The van der Waals surface area contributed by atoms with E-state index in [1.165, 1.54) is 13.2 Å². The average molecular weight is 269 g/mol. The fraction of sp³-hybridized carbons (Fsp3) is 0.0714. The Bertz CT molecular complexity index is 762. The van der Waals surface area contributed by atoms with Crippen molar-refractivity contribution in [2.45, 2.75) is 0 Å². The molecule has 0 unspecified atom stereocenters. The number of ether oxygens (including phenoxy) is 1. The second-order valence-electron chi connectivity index (χ2n) is 4.07. The highest BCUT2D eigenvalue weighted by Gasteiger charge is 2.14. The maximum Gasteiger partial charge on any atom is 0.294 e. The van der Waals surface area contributed by atoms with Crippen LogP contribution >= 0.6 is 0 Å². The molecule has 3 rings (SSSR count). The van der Waals surface area contributed by atoms with Crippen LogP contribution in [-0.2, 0) is 0 Å². The van der Waals surface area contributed by atoms with Gasteiger partial charge in [-0.3, -0.25) is 9.78 Å². The first-order valence-corrected chi connectivity index (χ1v) is 5.94. The number of hydrogen-bond acceptors (Lipinski definition) is 5.